The SMILES string of the molecule is COc1ccc(CCCC(=O)NC(/N=C(\NC#N)Nc2ccccc2C)C(C)(C)C)cc1. The van der Waals surface area contributed by atoms with Gasteiger partial charge in [-0.15, -0.1) is 0 Å². The van der Waals surface area contributed by atoms with E-state index in [1.165, 1.54) is 0 Å². The molecular formula is C25H33N5O2. The van der Waals surface area contributed by atoms with Crippen LogP contribution in [0.5, 0.6) is 5.75 Å². The van der Waals surface area contributed by atoms with Crippen molar-refractivity contribution in [2.45, 2.75) is 53.1 Å². The molecular weight excluding hydrogens is 402 g/mol. The molecule has 0 aliphatic carbocycles. The van der Waals surface area contributed by atoms with Crippen LogP contribution in [0.2, 0.25) is 0 Å². The topological polar surface area (TPSA) is 98.5 Å². The number of hydrogen-bond acceptors (Lipinski definition) is 4. The number of aliphatic imine (C=N–C) groups is 1. The van der Waals surface area contributed by atoms with E-state index in [4.69, 9.17) is 10.00 Å². The van der Waals surface area contributed by atoms with Crippen LogP contribution < -0.4 is 20.7 Å². The molecule has 1 atom stereocenters. The minimum Gasteiger partial charge on any atom is -0.497 e. The van der Waals surface area contributed by atoms with Crippen LogP contribution in [0.4, 0.5) is 5.69 Å². The van der Waals surface area contributed by atoms with Crippen molar-refractivity contribution in [1.82, 2.24) is 10.6 Å². The Morgan fingerprint density at radius 3 is 2.44 bits per heavy atom. The average Bonchev–Trinajstić information content (AvgIpc) is 2.75. The number of benzene rings is 2. The first-order valence-electron chi connectivity index (χ1n) is 10.7. The monoisotopic (exact) mass is 435 g/mol. The van der Waals surface area contributed by atoms with Crippen molar-refractivity contribution in [1.29, 1.82) is 5.26 Å². The van der Waals surface area contributed by atoms with Gasteiger partial charge < -0.3 is 15.4 Å². The second-order valence-electron chi connectivity index (χ2n) is 8.69. The van der Waals surface area contributed by atoms with Crippen molar-refractivity contribution >= 4 is 17.6 Å². The number of carbonyl (C=O) groups excluding carboxylic acids is 1. The van der Waals surface area contributed by atoms with E-state index in [1.807, 2.05) is 82.4 Å². The number of carbonyl (C=O) groups is 1. The van der Waals surface area contributed by atoms with Gasteiger partial charge in [-0.3, -0.25) is 10.1 Å². The Bertz CT molecular complexity index is 956. The first-order chi connectivity index (χ1) is 15.2. The summed E-state index contributed by atoms with van der Waals surface area (Å²) in [5.74, 6) is 1.04. The number of hydrogen-bond donors (Lipinski definition) is 3. The van der Waals surface area contributed by atoms with Gasteiger partial charge in [-0.1, -0.05) is 51.1 Å². The highest BCUT2D eigenvalue weighted by Gasteiger charge is 2.26. The summed E-state index contributed by atoms with van der Waals surface area (Å²) in [6.07, 6.45) is 3.32. The summed E-state index contributed by atoms with van der Waals surface area (Å²) in [7, 11) is 1.64. The second kappa shape index (κ2) is 11.8. The third-order valence-electron chi connectivity index (χ3n) is 4.98. The summed E-state index contributed by atoms with van der Waals surface area (Å²) in [5.41, 5.74) is 2.68. The molecule has 1 amide bonds. The number of guanidine groups is 1. The molecule has 3 N–H and O–H groups in total. The molecule has 0 saturated carbocycles. The molecule has 2 aromatic rings. The largest absolute Gasteiger partial charge is 0.497 e. The van der Waals surface area contributed by atoms with Gasteiger partial charge in [0.25, 0.3) is 0 Å². The molecule has 7 heteroatoms. The van der Waals surface area contributed by atoms with Crippen LogP contribution in [-0.2, 0) is 11.2 Å². The van der Waals surface area contributed by atoms with Crippen molar-refractivity contribution in [3.8, 4) is 11.9 Å². The number of anilines is 1. The standard InChI is InChI=1S/C25H33N5O2/c1-18-9-6-7-11-21(18)28-24(27-17-26)30-23(25(2,3)4)29-22(31)12-8-10-19-13-15-20(32-5)16-14-19/h6-7,9,11,13-16,23H,8,10,12H2,1-5H3,(H,29,31)(H2,27,28,30). The summed E-state index contributed by atoms with van der Waals surface area (Å²) >= 11 is 0. The zero-order chi connectivity index (χ0) is 23.6. The molecule has 0 fully saturated rings. The number of nitrogens with one attached hydrogen (secondary N) is 3. The molecule has 1 unspecified atom stereocenters. The zero-order valence-electron chi connectivity index (χ0n) is 19.5. The number of amides is 1. The number of methoxy groups -OCH3 is 1. The Morgan fingerprint density at radius 2 is 1.84 bits per heavy atom. The van der Waals surface area contributed by atoms with Gasteiger partial charge in [0, 0.05) is 17.5 Å². The van der Waals surface area contributed by atoms with Gasteiger partial charge in [0.15, 0.2) is 6.19 Å². The number of rotatable bonds is 8. The number of nitriles is 1. The van der Waals surface area contributed by atoms with Crippen LogP contribution in [0.1, 0.15) is 44.7 Å². The van der Waals surface area contributed by atoms with Gasteiger partial charge in [0.1, 0.15) is 11.9 Å². The number of ether oxygens (including phenoxy) is 1. The highest BCUT2D eigenvalue weighted by Crippen LogP contribution is 2.21. The lowest BCUT2D eigenvalue weighted by Gasteiger charge is -2.29. The molecule has 2 rings (SSSR count). The first kappa shape index (κ1) is 24.7. The molecule has 170 valence electrons. The first-order valence-corrected chi connectivity index (χ1v) is 10.7. The Balaban J connectivity index is 2.03. The fraction of sp³-hybridized carbons (Fsp3) is 0.400. The van der Waals surface area contributed by atoms with Crippen LogP contribution in [-0.4, -0.2) is 25.1 Å². The lowest BCUT2D eigenvalue weighted by atomic mass is 9.92. The fourth-order valence-electron chi connectivity index (χ4n) is 3.03. The summed E-state index contributed by atoms with van der Waals surface area (Å²) in [4.78, 5) is 17.3. The quantitative estimate of drug-likeness (QED) is 0.248. The van der Waals surface area contributed by atoms with Gasteiger partial charge in [0.2, 0.25) is 11.9 Å². The molecule has 0 heterocycles. The Kier molecular flexibility index (Phi) is 9.08. The Hall–Kier alpha value is -3.53. The summed E-state index contributed by atoms with van der Waals surface area (Å²) in [6.45, 7) is 7.96. The molecule has 0 aliphatic heterocycles. The van der Waals surface area contributed by atoms with Crippen LogP contribution in [0, 0.1) is 23.8 Å². The molecule has 7 nitrogen and oxygen atoms in total. The maximum absolute atomic E-state index is 12.6. The molecule has 0 aliphatic rings. The van der Waals surface area contributed by atoms with E-state index in [1.54, 1.807) is 7.11 Å². The minimum atomic E-state index is -0.511. The van der Waals surface area contributed by atoms with Crippen molar-refractivity contribution in [2.75, 3.05) is 12.4 Å². The van der Waals surface area contributed by atoms with E-state index < -0.39 is 6.17 Å². The lowest BCUT2D eigenvalue weighted by molar-refractivity contribution is -0.122. The van der Waals surface area contributed by atoms with Gasteiger partial charge in [-0.2, -0.15) is 5.26 Å². The van der Waals surface area contributed by atoms with Crippen molar-refractivity contribution < 1.29 is 9.53 Å². The summed E-state index contributed by atoms with van der Waals surface area (Å²) in [5, 5.41) is 17.9. The summed E-state index contributed by atoms with van der Waals surface area (Å²) < 4.78 is 5.17. The van der Waals surface area contributed by atoms with Crippen molar-refractivity contribution in [3.05, 3.63) is 59.7 Å². The van der Waals surface area contributed by atoms with E-state index in [-0.39, 0.29) is 11.3 Å². The van der Waals surface area contributed by atoms with Crippen molar-refractivity contribution in [2.24, 2.45) is 10.4 Å². The van der Waals surface area contributed by atoms with Crippen LogP contribution >= 0.6 is 0 Å². The Morgan fingerprint density at radius 1 is 1.16 bits per heavy atom. The smallest absolute Gasteiger partial charge is 0.221 e. The van der Waals surface area contributed by atoms with Gasteiger partial charge >= 0.3 is 0 Å². The van der Waals surface area contributed by atoms with Gasteiger partial charge in [0.05, 0.1) is 7.11 Å². The molecule has 0 aromatic heterocycles. The van der Waals surface area contributed by atoms with Crippen LogP contribution in [0.25, 0.3) is 0 Å². The fourth-order valence-corrected chi connectivity index (χ4v) is 3.03. The summed E-state index contributed by atoms with van der Waals surface area (Å²) in [6, 6.07) is 15.6. The molecule has 2 aromatic carbocycles. The molecule has 32 heavy (non-hydrogen) atoms. The normalized spacial score (nSPS) is 12.4. The average molecular weight is 436 g/mol. The molecule has 0 radical (unpaired) electrons. The maximum Gasteiger partial charge on any atom is 0.221 e. The zero-order valence-corrected chi connectivity index (χ0v) is 19.5. The van der Waals surface area contributed by atoms with Crippen LogP contribution in [0.15, 0.2) is 53.5 Å². The third kappa shape index (κ3) is 7.95. The Labute approximate surface area is 190 Å². The van der Waals surface area contributed by atoms with Gasteiger partial charge in [-0.25, -0.2) is 4.99 Å². The van der Waals surface area contributed by atoms with E-state index in [0.29, 0.717) is 12.4 Å². The minimum absolute atomic E-state index is 0.0746. The van der Waals surface area contributed by atoms with E-state index in [9.17, 15) is 4.79 Å². The van der Waals surface area contributed by atoms with Crippen molar-refractivity contribution in [3.63, 3.8) is 0 Å². The molecule has 0 spiro atoms. The molecule has 0 bridgehead atoms. The second-order valence-corrected chi connectivity index (χ2v) is 8.69. The highest BCUT2D eigenvalue weighted by atomic mass is 16.5. The predicted octanol–water partition coefficient (Wildman–Crippen LogP) is 4.35. The van der Waals surface area contributed by atoms with E-state index in [0.717, 1.165) is 35.4 Å². The van der Waals surface area contributed by atoms with E-state index in [2.05, 4.69) is 20.9 Å². The third-order valence-corrected chi connectivity index (χ3v) is 4.98. The number of nitrogens with zero attached hydrogens (tertiary/aromatic N) is 2. The number of aryl methyl sites for hydroxylation is 2. The number of para-hydroxylation sites is 1. The molecule has 0 saturated heterocycles. The van der Waals surface area contributed by atoms with E-state index >= 15 is 0 Å². The van der Waals surface area contributed by atoms with Crippen LogP contribution in [0.3, 0.4) is 0 Å². The predicted molar refractivity (Wildman–Crippen MR) is 128 cm³/mol. The maximum atomic E-state index is 12.6. The highest BCUT2D eigenvalue weighted by molar-refractivity contribution is 5.95. The van der Waals surface area contributed by atoms with Gasteiger partial charge in [-0.05, 0) is 49.1 Å². The lowest BCUT2D eigenvalue weighted by Crippen LogP contribution is -2.44.